The largest absolute Gasteiger partial charge is 0.371 e. The third-order valence-electron chi connectivity index (χ3n) is 3.65. The minimum Gasteiger partial charge on any atom is -0.371 e. The monoisotopic (exact) mass is 235 g/mol. The van der Waals surface area contributed by atoms with Gasteiger partial charge in [-0.2, -0.15) is 0 Å². The second-order valence-corrected chi connectivity index (χ2v) is 4.69. The Morgan fingerprint density at radius 1 is 1.29 bits per heavy atom. The molecule has 2 nitrogen and oxygen atoms in total. The first kappa shape index (κ1) is 12.1. The van der Waals surface area contributed by atoms with Gasteiger partial charge in [-0.15, -0.1) is 0 Å². The van der Waals surface area contributed by atoms with Crippen LogP contribution in [0.3, 0.4) is 0 Å². The molecule has 92 valence electrons. The molecule has 0 amide bonds. The Labute approximate surface area is 101 Å². The lowest BCUT2D eigenvalue weighted by atomic mass is 9.94. The van der Waals surface area contributed by atoms with Crippen LogP contribution in [0.4, 0.5) is 10.1 Å². The number of hydrogen-bond acceptors (Lipinski definition) is 2. The fourth-order valence-electron chi connectivity index (χ4n) is 2.61. The summed E-state index contributed by atoms with van der Waals surface area (Å²) in [4.78, 5) is 13.0. The summed E-state index contributed by atoms with van der Waals surface area (Å²) in [5.74, 6) is -0.430. The summed E-state index contributed by atoms with van der Waals surface area (Å²) >= 11 is 0. The molecule has 3 heteroatoms. The first-order valence-electron chi connectivity index (χ1n) is 6.20. The molecule has 0 aromatic heterocycles. The zero-order valence-corrected chi connectivity index (χ0v) is 10.2. The highest BCUT2D eigenvalue weighted by Crippen LogP contribution is 2.28. The molecule has 1 aromatic carbocycles. The summed E-state index contributed by atoms with van der Waals surface area (Å²) in [7, 11) is 1.96. The van der Waals surface area contributed by atoms with Gasteiger partial charge in [0.2, 0.25) is 0 Å². The van der Waals surface area contributed by atoms with Gasteiger partial charge in [-0.3, -0.25) is 4.79 Å². The van der Waals surface area contributed by atoms with E-state index >= 15 is 0 Å². The van der Waals surface area contributed by atoms with Crippen molar-refractivity contribution in [3.8, 4) is 0 Å². The molecule has 17 heavy (non-hydrogen) atoms. The van der Waals surface area contributed by atoms with Crippen molar-refractivity contribution in [1.29, 1.82) is 0 Å². The maximum Gasteiger partial charge on any atom is 0.155 e. The number of rotatable bonds is 3. The Morgan fingerprint density at radius 3 is 2.65 bits per heavy atom. The predicted molar refractivity (Wildman–Crippen MR) is 67.1 cm³/mol. The molecule has 0 spiro atoms. The number of hydrogen-bond donors (Lipinski definition) is 0. The van der Waals surface area contributed by atoms with Crippen LogP contribution in [0.15, 0.2) is 18.2 Å². The summed E-state index contributed by atoms with van der Waals surface area (Å²) in [6.45, 7) is 0. The average Bonchev–Trinajstić information content (AvgIpc) is 2.38. The van der Waals surface area contributed by atoms with Crippen molar-refractivity contribution < 1.29 is 9.18 Å². The zero-order valence-electron chi connectivity index (χ0n) is 10.2. The third-order valence-corrected chi connectivity index (χ3v) is 3.65. The van der Waals surface area contributed by atoms with Crippen molar-refractivity contribution in [2.24, 2.45) is 0 Å². The van der Waals surface area contributed by atoms with Gasteiger partial charge in [-0.05, 0) is 25.0 Å². The van der Waals surface area contributed by atoms with E-state index in [4.69, 9.17) is 0 Å². The van der Waals surface area contributed by atoms with Gasteiger partial charge in [0, 0.05) is 13.1 Å². The van der Waals surface area contributed by atoms with E-state index in [-0.39, 0.29) is 5.56 Å². The van der Waals surface area contributed by atoms with Gasteiger partial charge in [-0.25, -0.2) is 4.39 Å². The smallest absolute Gasteiger partial charge is 0.155 e. The lowest BCUT2D eigenvalue weighted by Gasteiger charge is -2.33. The molecular weight excluding hydrogens is 217 g/mol. The lowest BCUT2D eigenvalue weighted by Crippen LogP contribution is -2.34. The van der Waals surface area contributed by atoms with Gasteiger partial charge in [-0.1, -0.05) is 25.3 Å². The SMILES string of the molecule is CN(c1cccc(F)c1C=O)C1CCCCC1. The minimum absolute atomic E-state index is 0.181. The van der Waals surface area contributed by atoms with Gasteiger partial charge in [0.15, 0.2) is 6.29 Å². The lowest BCUT2D eigenvalue weighted by molar-refractivity contribution is 0.112. The molecule has 0 saturated heterocycles. The third kappa shape index (κ3) is 2.48. The average molecular weight is 235 g/mol. The van der Waals surface area contributed by atoms with E-state index in [0.29, 0.717) is 18.0 Å². The number of carbonyl (C=O) groups excluding carboxylic acids is 1. The molecule has 0 radical (unpaired) electrons. The highest BCUT2D eigenvalue weighted by atomic mass is 19.1. The first-order chi connectivity index (χ1) is 8.24. The molecule has 1 aromatic rings. The predicted octanol–water partition coefficient (Wildman–Crippen LogP) is 3.41. The Hall–Kier alpha value is -1.38. The molecule has 1 aliphatic carbocycles. The first-order valence-corrected chi connectivity index (χ1v) is 6.20. The van der Waals surface area contributed by atoms with Gasteiger partial charge in [0.25, 0.3) is 0 Å². The van der Waals surface area contributed by atoms with Crippen LogP contribution < -0.4 is 4.90 Å². The Morgan fingerprint density at radius 2 is 2.00 bits per heavy atom. The topological polar surface area (TPSA) is 20.3 Å². The van der Waals surface area contributed by atoms with Crippen LogP contribution in [-0.2, 0) is 0 Å². The van der Waals surface area contributed by atoms with E-state index in [1.54, 1.807) is 6.07 Å². The Balaban J connectivity index is 2.26. The summed E-state index contributed by atoms with van der Waals surface area (Å²) in [5, 5.41) is 0. The van der Waals surface area contributed by atoms with Crippen LogP contribution in [0.1, 0.15) is 42.5 Å². The molecule has 0 aliphatic heterocycles. The van der Waals surface area contributed by atoms with E-state index in [1.807, 2.05) is 13.1 Å². The number of nitrogens with zero attached hydrogens (tertiary/aromatic N) is 1. The molecule has 0 unspecified atom stereocenters. The second kappa shape index (κ2) is 5.30. The molecule has 0 N–H and O–H groups in total. The van der Waals surface area contributed by atoms with Crippen molar-refractivity contribution in [3.63, 3.8) is 0 Å². The fourth-order valence-corrected chi connectivity index (χ4v) is 2.61. The van der Waals surface area contributed by atoms with Crippen molar-refractivity contribution in [1.82, 2.24) is 0 Å². The summed E-state index contributed by atoms with van der Waals surface area (Å²) in [6.07, 6.45) is 6.61. The number of carbonyl (C=O) groups is 1. The van der Waals surface area contributed by atoms with Gasteiger partial charge in [0.05, 0.1) is 11.3 Å². The van der Waals surface area contributed by atoms with Gasteiger partial charge in [0.1, 0.15) is 5.82 Å². The number of benzene rings is 1. The fraction of sp³-hybridized carbons (Fsp3) is 0.500. The number of aldehydes is 1. The Kier molecular flexibility index (Phi) is 3.77. The van der Waals surface area contributed by atoms with Crippen LogP contribution in [0, 0.1) is 5.82 Å². The van der Waals surface area contributed by atoms with E-state index < -0.39 is 5.82 Å². The molecule has 2 rings (SSSR count). The summed E-state index contributed by atoms with van der Waals surface area (Å²) < 4.78 is 13.5. The van der Waals surface area contributed by atoms with E-state index in [1.165, 1.54) is 25.3 Å². The van der Waals surface area contributed by atoms with Crippen molar-refractivity contribution in [2.45, 2.75) is 38.1 Å². The van der Waals surface area contributed by atoms with E-state index in [2.05, 4.69) is 4.90 Å². The van der Waals surface area contributed by atoms with Crippen molar-refractivity contribution in [2.75, 3.05) is 11.9 Å². The molecule has 1 aliphatic rings. The standard InChI is InChI=1S/C14H18FNO/c1-16(11-6-3-2-4-7-11)14-9-5-8-13(15)12(14)10-17/h5,8-11H,2-4,6-7H2,1H3. The van der Waals surface area contributed by atoms with Gasteiger partial charge < -0.3 is 4.90 Å². The summed E-state index contributed by atoms with van der Waals surface area (Å²) in [5.41, 5.74) is 0.896. The molecular formula is C14H18FNO. The van der Waals surface area contributed by atoms with E-state index in [9.17, 15) is 9.18 Å². The molecule has 0 atom stereocenters. The summed E-state index contributed by atoms with van der Waals surface area (Å²) in [6, 6.07) is 5.25. The number of anilines is 1. The minimum atomic E-state index is -0.430. The highest BCUT2D eigenvalue weighted by molar-refractivity contribution is 5.85. The van der Waals surface area contributed by atoms with E-state index in [0.717, 1.165) is 12.8 Å². The molecule has 1 fully saturated rings. The van der Waals surface area contributed by atoms with Crippen LogP contribution in [0.2, 0.25) is 0 Å². The molecule has 1 saturated carbocycles. The highest BCUT2D eigenvalue weighted by Gasteiger charge is 2.21. The van der Waals surface area contributed by atoms with Crippen molar-refractivity contribution in [3.05, 3.63) is 29.6 Å². The van der Waals surface area contributed by atoms with Crippen LogP contribution in [0.5, 0.6) is 0 Å². The van der Waals surface area contributed by atoms with Crippen LogP contribution in [0.25, 0.3) is 0 Å². The molecule has 0 bridgehead atoms. The van der Waals surface area contributed by atoms with Crippen LogP contribution in [-0.4, -0.2) is 19.4 Å². The normalized spacial score (nSPS) is 16.8. The quantitative estimate of drug-likeness (QED) is 0.748. The van der Waals surface area contributed by atoms with Gasteiger partial charge >= 0.3 is 0 Å². The maximum absolute atomic E-state index is 13.5. The number of halogens is 1. The molecule has 0 heterocycles. The second-order valence-electron chi connectivity index (χ2n) is 4.69. The Bertz CT molecular complexity index is 399. The van der Waals surface area contributed by atoms with Crippen LogP contribution >= 0.6 is 0 Å². The zero-order chi connectivity index (χ0) is 12.3. The van der Waals surface area contributed by atoms with Crippen molar-refractivity contribution >= 4 is 12.0 Å². The maximum atomic E-state index is 13.5.